The number of nitrogens with one attached hydrogen (secondary N) is 1. The van der Waals surface area contributed by atoms with Gasteiger partial charge in [-0.15, -0.1) is 10.2 Å². The van der Waals surface area contributed by atoms with Crippen molar-refractivity contribution in [1.82, 2.24) is 10.2 Å². The lowest BCUT2D eigenvalue weighted by molar-refractivity contribution is 0.102. The first-order chi connectivity index (χ1) is 12.8. The Hall–Kier alpha value is -3.41. The summed E-state index contributed by atoms with van der Waals surface area (Å²) < 4.78 is 5.22. The van der Waals surface area contributed by atoms with Crippen molar-refractivity contribution in [2.75, 3.05) is 23.9 Å². The standard InChI is InChI=1S/C20H18N4O2/c1-26-17-9-5-3-7-15(17)20(25)21-18-10-11-19(23-22-18)24-13-12-14-6-2-4-8-16(14)24/h2-11H,12-13H2,1H3,(H,21,22,25). The molecule has 26 heavy (non-hydrogen) atoms. The fourth-order valence-electron chi connectivity index (χ4n) is 3.13. The number of para-hydroxylation sites is 2. The number of methoxy groups -OCH3 is 1. The molecule has 1 aliphatic rings. The minimum absolute atomic E-state index is 0.281. The van der Waals surface area contributed by atoms with Crippen LogP contribution in [0, 0.1) is 0 Å². The summed E-state index contributed by atoms with van der Waals surface area (Å²) in [6, 6.07) is 19.0. The fourth-order valence-corrected chi connectivity index (χ4v) is 3.13. The average molecular weight is 346 g/mol. The molecule has 0 saturated heterocycles. The molecule has 4 rings (SSSR count). The molecule has 0 atom stereocenters. The van der Waals surface area contributed by atoms with E-state index in [-0.39, 0.29) is 5.91 Å². The van der Waals surface area contributed by atoms with Gasteiger partial charge >= 0.3 is 0 Å². The highest BCUT2D eigenvalue weighted by Crippen LogP contribution is 2.32. The van der Waals surface area contributed by atoms with Crippen molar-refractivity contribution in [2.45, 2.75) is 6.42 Å². The van der Waals surface area contributed by atoms with Crippen molar-refractivity contribution in [3.63, 3.8) is 0 Å². The number of benzene rings is 2. The van der Waals surface area contributed by atoms with Crippen LogP contribution < -0.4 is 15.0 Å². The number of amides is 1. The number of fused-ring (bicyclic) bond motifs is 1. The molecule has 0 radical (unpaired) electrons. The topological polar surface area (TPSA) is 67.3 Å². The summed E-state index contributed by atoms with van der Waals surface area (Å²) in [7, 11) is 1.54. The number of rotatable bonds is 4. The number of anilines is 3. The molecule has 0 bridgehead atoms. The molecule has 1 amide bonds. The molecule has 0 fully saturated rings. The molecule has 6 nitrogen and oxygen atoms in total. The number of nitrogens with zero attached hydrogens (tertiary/aromatic N) is 3. The Morgan fingerprint density at radius 2 is 1.85 bits per heavy atom. The molecule has 2 heterocycles. The van der Waals surface area contributed by atoms with Crippen molar-refractivity contribution < 1.29 is 9.53 Å². The monoisotopic (exact) mass is 346 g/mol. The van der Waals surface area contributed by atoms with Crippen molar-refractivity contribution in [2.24, 2.45) is 0 Å². The molecule has 0 unspecified atom stereocenters. The largest absolute Gasteiger partial charge is 0.496 e. The normalized spacial score (nSPS) is 12.6. The van der Waals surface area contributed by atoms with Gasteiger partial charge in [0.15, 0.2) is 11.6 Å². The zero-order valence-electron chi connectivity index (χ0n) is 14.3. The van der Waals surface area contributed by atoms with E-state index in [0.29, 0.717) is 17.1 Å². The quantitative estimate of drug-likeness (QED) is 0.784. The van der Waals surface area contributed by atoms with Crippen LogP contribution in [-0.4, -0.2) is 29.8 Å². The summed E-state index contributed by atoms with van der Waals surface area (Å²) in [5, 5.41) is 11.2. The van der Waals surface area contributed by atoms with Gasteiger partial charge in [-0.2, -0.15) is 0 Å². The van der Waals surface area contributed by atoms with Gasteiger partial charge < -0.3 is 15.0 Å². The molecule has 1 aliphatic heterocycles. The summed E-state index contributed by atoms with van der Waals surface area (Å²) >= 11 is 0. The van der Waals surface area contributed by atoms with Crippen molar-refractivity contribution in [3.8, 4) is 5.75 Å². The van der Waals surface area contributed by atoms with Crippen LogP contribution in [-0.2, 0) is 6.42 Å². The minimum Gasteiger partial charge on any atom is -0.496 e. The molecule has 2 aromatic carbocycles. The number of hydrogen-bond donors (Lipinski definition) is 1. The lowest BCUT2D eigenvalue weighted by Crippen LogP contribution is -2.17. The highest BCUT2D eigenvalue weighted by molar-refractivity contribution is 6.05. The van der Waals surface area contributed by atoms with Crippen LogP contribution in [0.4, 0.5) is 17.3 Å². The van der Waals surface area contributed by atoms with Crippen LogP contribution in [0.5, 0.6) is 5.75 Å². The summed E-state index contributed by atoms with van der Waals surface area (Å²) in [5.74, 6) is 1.40. The summed E-state index contributed by atoms with van der Waals surface area (Å²) in [6.07, 6.45) is 0.990. The van der Waals surface area contributed by atoms with Crippen molar-refractivity contribution in [1.29, 1.82) is 0 Å². The van der Waals surface area contributed by atoms with Crippen LogP contribution in [0.15, 0.2) is 60.7 Å². The zero-order valence-corrected chi connectivity index (χ0v) is 14.3. The van der Waals surface area contributed by atoms with Gasteiger partial charge in [-0.3, -0.25) is 4.79 Å². The van der Waals surface area contributed by atoms with E-state index in [0.717, 1.165) is 24.5 Å². The highest BCUT2D eigenvalue weighted by Gasteiger charge is 2.21. The molecule has 0 aliphatic carbocycles. The Bertz CT molecular complexity index is 941. The van der Waals surface area contributed by atoms with E-state index in [9.17, 15) is 4.79 Å². The SMILES string of the molecule is COc1ccccc1C(=O)Nc1ccc(N2CCc3ccccc32)nn1. The van der Waals surface area contributed by atoms with Crippen LogP contribution in [0.1, 0.15) is 15.9 Å². The molecule has 0 spiro atoms. The lowest BCUT2D eigenvalue weighted by atomic mass is 10.2. The van der Waals surface area contributed by atoms with Gasteiger partial charge in [0.1, 0.15) is 5.75 Å². The van der Waals surface area contributed by atoms with Gasteiger partial charge in [-0.05, 0) is 42.3 Å². The Morgan fingerprint density at radius 1 is 1.04 bits per heavy atom. The maximum Gasteiger partial charge on any atom is 0.260 e. The molecular weight excluding hydrogens is 328 g/mol. The number of hydrogen-bond acceptors (Lipinski definition) is 5. The maximum absolute atomic E-state index is 12.4. The van der Waals surface area contributed by atoms with Crippen LogP contribution >= 0.6 is 0 Å². The molecule has 1 N–H and O–H groups in total. The van der Waals surface area contributed by atoms with Gasteiger partial charge in [0.05, 0.1) is 12.7 Å². The van der Waals surface area contributed by atoms with Crippen LogP contribution in [0.25, 0.3) is 0 Å². The second-order valence-electron chi connectivity index (χ2n) is 5.96. The molecule has 1 aromatic heterocycles. The Kier molecular flexibility index (Phi) is 4.23. The molecule has 6 heteroatoms. The first-order valence-electron chi connectivity index (χ1n) is 8.40. The minimum atomic E-state index is -0.281. The second kappa shape index (κ2) is 6.84. The molecule has 3 aromatic rings. The third-order valence-electron chi connectivity index (χ3n) is 4.41. The van der Waals surface area contributed by atoms with Crippen molar-refractivity contribution >= 4 is 23.2 Å². The van der Waals surface area contributed by atoms with Gasteiger partial charge in [0, 0.05) is 12.2 Å². The van der Waals surface area contributed by atoms with Crippen molar-refractivity contribution in [3.05, 3.63) is 71.8 Å². The summed E-state index contributed by atoms with van der Waals surface area (Å²) in [4.78, 5) is 14.6. The molecule has 0 saturated carbocycles. The van der Waals surface area contributed by atoms with Gasteiger partial charge in [-0.25, -0.2) is 0 Å². The fraction of sp³-hybridized carbons (Fsp3) is 0.150. The van der Waals surface area contributed by atoms with Crippen LogP contribution in [0.2, 0.25) is 0 Å². The van der Waals surface area contributed by atoms with E-state index in [2.05, 4.69) is 32.5 Å². The second-order valence-corrected chi connectivity index (χ2v) is 5.96. The Labute approximate surface area is 151 Å². The molecule has 130 valence electrons. The molecular formula is C20H18N4O2. The van der Waals surface area contributed by atoms with E-state index >= 15 is 0 Å². The maximum atomic E-state index is 12.4. The number of ether oxygens (including phenoxy) is 1. The predicted octanol–water partition coefficient (Wildman–Crippen LogP) is 3.43. The van der Waals surface area contributed by atoms with Gasteiger partial charge in [0.2, 0.25) is 0 Å². The lowest BCUT2D eigenvalue weighted by Gasteiger charge is -2.17. The van der Waals surface area contributed by atoms with E-state index in [1.807, 2.05) is 24.3 Å². The smallest absolute Gasteiger partial charge is 0.260 e. The van der Waals surface area contributed by atoms with E-state index in [1.54, 1.807) is 24.3 Å². The predicted molar refractivity (Wildman–Crippen MR) is 100 cm³/mol. The summed E-state index contributed by atoms with van der Waals surface area (Å²) in [5.41, 5.74) is 2.92. The summed E-state index contributed by atoms with van der Waals surface area (Å²) in [6.45, 7) is 0.876. The van der Waals surface area contributed by atoms with E-state index in [1.165, 1.54) is 12.7 Å². The van der Waals surface area contributed by atoms with Crippen LogP contribution in [0.3, 0.4) is 0 Å². The van der Waals surface area contributed by atoms with Gasteiger partial charge in [0.25, 0.3) is 5.91 Å². The number of aromatic nitrogens is 2. The number of carbonyl (C=O) groups excluding carboxylic acids is 1. The number of carbonyl (C=O) groups is 1. The Morgan fingerprint density at radius 3 is 2.65 bits per heavy atom. The Balaban J connectivity index is 1.51. The first-order valence-corrected chi connectivity index (χ1v) is 8.40. The first kappa shape index (κ1) is 16.1. The average Bonchev–Trinajstić information content (AvgIpc) is 3.12. The zero-order chi connectivity index (χ0) is 17.9. The third kappa shape index (κ3) is 2.97. The third-order valence-corrected chi connectivity index (χ3v) is 4.41. The van der Waals surface area contributed by atoms with E-state index in [4.69, 9.17) is 4.74 Å². The van der Waals surface area contributed by atoms with Gasteiger partial charge in [-0.1, -0.05) is 30.3 Å². The highest BCUT2D eigenvalue weighted by atomic mass is 16.5. The van der Waals surface area contributed by atoms with E-state index < -0.39 is 0 Å².